The van der Waals surface area contributed by atoms with Gasteiger partial charge in [0.2, 0.25) is 0 Å². The molecule has 0 radical (unpaired) electrons. The van der Waals surface area contributed by atoms with Crippen molar-refractivity contribution in [3.05, 3.63) is 36.3 Å². The van der Waals surface area contributed by atoms with Gasteiger partial charge >= 0.3 is 0 Å². The number of pyridine rings is 1. The smallest absolute Gasteiger partial charge is 0.163 e. The molecule has 0 atom stereocenters. The van der Waals surface area contributed by atoms with Gasteiger partial charge in [0.25, 0.3) is 0 Å². The van der Waals surface area contributed by atoms with Crippen LogP contribution in [0.5, 0.6) is 0 Å². The van der Waals surface area contributed by atoms with Crippen molar-refractivity contribution >= 4 is 11.6 Å². The number of piperidine rings is 1. The molecule has 6 heteroatoms. The van der Waals surface area contributed by atoms with Crippen molar-refractivity contribution < 1.29 is 9.53 Å². The number of anilines is 1. The molecule has 0 spiro atoms. The van der Waals surface area contributed by atoms with Gasteiger partial charge in [-0.25, -0.2) is 9.97 Å². The van der Waals surface area contributed by atoms with Gasteiger partial charge < -0.3 is 9.64 Å². The van der Waals surface area contributed by atoms with Crippen molar-refractivity contribution in [2.24, 2.45) is 0 Å². The molecule has 114 valence electrons. The van der Waals surface area contributed by atoms with Crippen LogP contribution in [0.3, 0.4) is 0 Å². The maximum atomic E-state index is 11.4. The number of carbonyl (C=O) groups is 1. The number of ether oxygens (including phenoxy) is 1. The fourth-order valence-corrected chi connectivity index (χ4v) is 2.48. The first-order valence-corrected chi connectivity index (χ1v) is 7.30. The lowest BCUT2D eigenvalue weighted by Gasteiger charge is -2.27. The van der Waals surface area contributed by atoms with Gasteiger partial charge in [0, 0.05) is 57.1 Å². The Labute approximate surface area is 129 Å². The Balaban J connectivity index is 1.95. The van der Waals surface area contributed by atoms with Gasteiger partial charge in [0.15, 0.2) is 5.82 Å². The summed E-state index contributed by atoms with van der Waals surface area (Å²) in [5.74, 6) is 1.79. The summed E-state index contributed by atoms with van der Waals surface area (Å²) in [5.41, 5.74) is 1.69. The number of Topliss-reactive ketones (excluding diaryl/α,β-unsaturated/α-hetero) is 1. The first-order valence-electron chi connectivity index (χ1n) is 7.30. The van der Waals surface area contributed by atoms with Gasteiger partial charge in [0.05, 0.1) is 12.3 Å². The topological polar surface area (TPSA) is 68.2 Å². The number of aromatic nitrogens is 3. The van der Waals surface area contributed by atoms with Crippen LogP contribution in [0.1, 0.15) is 18.5 Å². The molecule has 2 aromatic rings. The first-order chi connectivity index (χ1) is 10.8. The van der Waals surface area contributed by atoms with Crippen molar-refractivity contribution in [2.45, 2.75) is 19.4 Å². The van der Waals surface area contributed by atoms with Crippen molar-refractivity contribution in [3.63, 3.8) is 0 Å². The zero-order valence-corrected chi connectivity index (χ0v) is 12.5. The highest BCUT2D eigenvalue weighted by Gasteiger charge is 2.19. The molecule has 0 amide bonds. The van der Waals surface area contributed by atoms with Crippen LogP contribution < -0.4 is 4.90 Å². The summed E-state index contributed by atoms with van der Waals surface area (Å²) < 4.78 is 5.20. The van der Waals surface area contributed by atoms with E-state index in [0.29, 0.717) is 44.1 Å². The van der Waals surface area contributed by atoms with Gasteiger partial charge in [-0.05, 0) is 12.1 Å². The van der Waals surface area contributed by atoms with E-state index in [4.69, 9.17) is 4.74 Å². The average Bonchev–Trinajstić information content (AvgIpc) is 2.56. The van der Waals surface area contributed by atoms with Crippen LogP contribution in [0.4, 0.5) is 5.82 Å². The lowest BCUT2D eigenvalue weighted by Crippen LogP contribution is -2.34. The van der Waals surface area contributed by atoms with Crippen LogP contribution in [0, 0.1) is 0 Å². The van der Waals surface area contributed by atoms with E-state index in [-0.39, 0.29) is 0 Å². The molecule has 1 aliphatic heterocycles. The summed E-state index contributed by atoms with van der Waals surface area (Å²) in [6.45, 7) is 1.83. The summed E-state index contributed by atoms with van der Waals surface area (Å²) in [7, 11) is 1.64. The lowest BCUT2D eigenvalue weighted by molar-refractivity contribution is -0.119. The fourth-order valence-electron chi connectivity index (χ4n) is 2.48. The van der Waals surface area contributed by atoms with E-state index in [0.717, 1.165) is 17.1 Å². The van der Waals surface area contributed by atoms with Crippen molar-refractivity contribution in [1.82, 2.24) is 15.0 Å². The predicted octanol–water partition coefficient (Wildman–Crippen LogP) is 1.85. The number of hydrogen-bond donors (Lipinski definition) is 0. The van der Waals surface area contributed by atoms with Gasteiger partial charge in [-0.3, -0.25) is 9.78 Å². The van der Waals surface area contributed by atoms with Crippen LogP contribution in [-0.4, -0.2) is 40.9 Å². The summed E-state index contributed by atoms with van der Waals surface area (Å²) in [6.07, 6.45) is 4.62. The van der Waals surface area contributed by atoms with Crippen LogP contribution in [0.25, 0.3) is 11.4 Å². The van der Waals surface area contributed by atoms with E-state index < -0.39 is 0 Å². The molecule has 0 bridgehead atoms. The highest BCUT2D eigenvalue weighted by Crippen LogP contribution is 2.22. The van der Waals surface area contributed by atoms with Gasteiger partial charge in [-0.1, -0.05) is 0 Å². The Morgan fingerprint density at radius 3 is 2.77 bits per heavy atom. The Morgan fingerprint density at radius 1 is 1.27 bits per heavy atom. The van der Waals surface area contributed by atoms with Crippen molar-refractivity contribution in [3.8, 4) is 11.4 Å². The minimum absolute atomic E-state index is 0.315. The maximum absolute atomic E-state index is 11.4. The molecular formula is C16H18N4O2. The number of carbonyl (C=O) groups excluding carboxylic acids is 1. The van der Waals surface area contributed by atoms with E-state index in [9.17, 15) is 4.79 Å². The summed E-state index contributed by atoms with van der Waals surface area (Å²) in [6, 6.07) is 5.72. The van der Waals surface area contributed by atoms with Gasteiger partial charge in [-0.15, -0.1) is 0 Å². The SMILES string of the molecule is COCc1cc(N2CCC(=O)CC2)nc(-c2cccnc2)n1. The standard InChI is InChI=1S/C16H18N4O2/c1-22-11-13-9-15(20-7-4-14(21)5-8-20)19-16(18-13)12-3-2-6-17-10-12/h2-3,6,9-10H,4-5,7-8,11H2,1H3. The number of methoxy groups -OCH3 is 1. The van der Waals surface area contributed by atoms with Crippen molar-refractivity contribution in [1.29, 1.82) is 0 Å². The normalized spacial score (nSPS) is 15.1. The molecule has 1 aliphatic rings. The zero-order valence-electron chi connectivity index (χ0n) is 12.5. The third kappa shape index (κ3) is 3.28. The molecule has 0 unspecified atom stereocenters. The predicted molar refractivity (Wildman–Crippen MR) is 82.4 cm³/mol. The van der Waals surface area contributed by atoms with Crippen LogP contribution >= 0.6 is 0 Å². The van der Waals surface area contributed by atoms with E-state index in [1.807, 2.05) is 18.2 Å². The van der Waals surface area contributed by atoms with Crippen LogP contribution in [0.15, 0.2) is 30.6 Å². The summed E-state index contributed by atoms with van der Waals surface area (Å²) in [4.78, 5) is 26.8. The lowest BCUT2D eigenvalue weighted by atomic mass is 10.1. The molecule has 1 fully saturated rings. The summed E-state index contributed by atoms with van der Waals surface area (Å²) >= 11 is 0. The second kappa shape index (κ2) is 6.62. The highest BCUT2D eigenvalue weighted by atomic mass is 16.5. The number of nitrogens with zero attached hydrogens (tertiary/aromatic N) is 4. The minimum Gasteiger partial charge on any atom is -0.378 e. The molecular weight excluding hydrogens is 280 g/mol. The molecule has 22 heavy (non-hydrogen) atoms. The molecule has 6 nitrogen and oxygen atoms in total. The Hall–Kier alpha value is -2.34. The van der Waals surface area contributed by atoms with E-state index in [2.05, 4.69) is 19.9 Å². The number of hydrogen-bond acceptors (Lipinski definition) is 6. The van der Waals surface area contributed by atoms with Crippen LogP contribution in [0.2, 0.25) is 0 Å². The Kier molecular flexibility index (Phi) is 4.39. The van der Waals surface area contributed by atoms with Gasteiger partial charge in [-0.2, -0.15) is 0 Å². The fraction of sp³-hybridized carbons (Fsp3) is 0.375. The quantitative estimate of drug-likeness (QED) is 0.858. The molecule has 3 rings (SSSR count). The molecule has 0 aliphatic carbocycles. The molecule has 0 N–H and O–H groups in total. The largest absolute Gasteiger partial charge is 0.378 e. The van der Waals surface area contributed by atoms with E-state index in [1.165, 1.54) is 0 Å². The second-order valence-corrected chi connectivity index (χ2v) is 5.24. The molecule has 0 aromatic carbocycles. The van der Waals surface area contributed by atoms with Crippen molar-refractivity contribution in [2.75, 3.05) is 25.1 Å². The number of ketones is 1. The van der Waals surface area contributed by atoms with Gasteiger partial charge in [0.1, 0.15) is 11.6 Å². The molecule has 2 aromatic heterocycles. The van der Waals surface area contributed by atoms with E-state index in [1.54, 1.807) is 19.5 Å². The maximum Gasteiger partial charge on any atom is 0.163 e. The molecule has 1 saturated heterocycles. The third-order valence-corrected chi connectivity index (χ3v) is 3.62. The molecule has 0 saturated carbocycles. The molecule has 3 heterocycles. The Bertz CT molecular complexity index is 650. The number of rotatable bonds is 4. The first kappa shape index (κ1) is 14.6. The Morgan fingerprint density at radius 2 is 2.09 bits per heavy atom. The summed E-state index contributed by atoms with van der Waals surface area (Å²) in [5, 5.41) is 0. The zero-order chi connectivity index (χ0) is 15.4. The van der Waals surface area contributed by atoms with Crippen LogP contribution in [-0.2, 0) is 16.1 Å². The monoisotopic (exact) mass is 298 g/mol. The second-order valence-electron chi connectivity index (χ2n) is 5.24. The highest BCUT2D eigenvalue weighted by molar-refractivity contribution is 5.80. The average molecular weight is 298 g/mol. The minimum atomic E-state index is 0.315. The third-order valence-electron chi connectivity index (χ3n) is 3.62. The van der Waals surface area contributed by atoms with E-state index >= 15 is 0 Å².